The van der Waals surface area contributed by atoms with E-state index in [1.54, 1.807) is 0 Å². The van der Waals surface area contributed by atoms with E-state index in [9.17, 15) is 0 Å². The fourth-order valence-corrected chi connectivity index (χ4v) is 10.8. The molecule has 5 nitrogen and oxygen atoms in total. The van der Waals surface area contributed by atoms with Crippen LogP contribution < -0.4 is 0 Å². The van der Waals surface area contributed by atoms with Gasteiger partial charge in [-0.15, -0.1) is 11.3 Å². The number of thiophene rings is 1. The van der Waals surface area contributed by atoms with Gasteiger partial charge in [0.2, 0.25) is 0 Å². The van der Waals surface area contributed by atoms with E-state index in [-0.39, 0.29) is 0 Å². The first-order valence-electron chi connectivity index (χ1n) is 21.2. The topological polar surface area (TPSA) is 48.5 Å². The number of aromatic nitrogens is 5. The van der Waals surface area contributed by atoms with E-state index < -0.39 is 0 Å². The molecule has 0 N–H and O–H groups in total. The molecule has 0 fully saturated rings. The van der Waals surface area contributed by atoms with Gasteiger partial charge in [-0.3, -0.25) is 0 Å². The number of rotatable bonds is 6. The van der Waals surface area contributed by atoms with Crippen LogP contribution in [0, 0.1) is 0 Å². The second-order valence-corrected chi connectivity index (χ2v) is 17.0. The summed E-state index contributed by atoms with van der Waals surface area (Å²) >= 11 is 1.81. The normalized spacial score (nSPS) is 11.8. The molecular weight excluding hydrogens is 787 g/mol. The lowest BCUT2D eigenvalue weighted by molar-refractivity contribution is 1.07. The highest BCUT2D eigenvalue weighted by Gasteiger charge is 2.23. The monoisotopic (exact) mass is 821 g/mol. The quantitative estimate of drug-likeness (QED) is 0.168. The van der Waals surface area contributed by atoms with Crippen molar-refractivity contribution in [3.63, 3.8) is 0 Å². The maximum atomic E-state index is 5.43. The van der Waals surface area contributed by atoms with Gasteiger partial charge in [0, 0.05) is 59.4 Å². The van der Waals surface area contributed by atoms with Crippen LogP contribution in [0.4, 0.5) is 0 Å². The second kappa shape index (κ2) is 14.2. The standard InChI is InChI=1S/C57H35N5S/c1-3-17-36(18-4-1)38-21-15-22-39(33-38)56-58-55(37-19-5-2-6-20-37)59-57(60-56)47-35-40(61-48-28-11-7-23-41(48)42-24-8-12-29-49(42)61)34-46-45-27-16-32-52(54(45)63-53(46)47)62-50-30-13-9-25-43(50)44-26-10-14-31-51(44)62/h1-35H. The van der Waals surface area contributed by atoms with Gasteiger partial charge < -0.3 is 9.13 Å². The maximum absolute atomic E-state index is 5.43. The average Bonchev–Trinajstić information content (AvgIpc) is 4.02. The molecule has 0 radical (unpaired) electrons. The molecule has 0 aliphatic carbocycles. The zero-order chi connectivity index (χ0) is 41.4. The molecule has 0 saturated carbocycles. The molecule has 4 heterocycles. The number of fused-ring (bicyclic) bond motifs is 9. The fraction of sp³-hybridized carbons (Fsp3) is 0. The predicted octanol–water partition coefficient (Wildman–Crippen LogP) is 15.1. The average molecular weight is 822 g/mol. The zero-order valence-corrected chi connectivity index (χ0v) is 34.7. The summed E-state index contributed by atoms with van der Waals surface area (Å²) in [5.74, 6) is 1.88. The lowest BCUT2D eigenvalue weighted by atomic mass is 10.0. The third-order valence-electron chi connectivity index (χ3n) is 12.4. The number of benzene rings is 9. The minimum atomic E-state index is 0.624. The Morgan fingerprint density at radius 1 is 0.302 bits per heavy atom. The Morgan fingerprint density at radius 2 is 0.762 bits per heavy atom. The summed E-state index contributed by atoms with van der Waals surface area (Å²) < 4.78 is 7.16. The largest absolute Gasteiger partial charge is 0.309 e. The Balaban J connectivity index is 1.13. The highest BCUT2D eigenvalue weighted by atomic mass is 32.1. The van der Waals surface area contributed by atoms with Crippen LogP contribution in [0.15, 0.2) is 212 Å². The van der Waals surface area contributed by atoms with E-state index in [1.165, 1.54) is 42.7 Å². The first-order valence-corrected chi connectivity index (χ1v) is 22.0. The fourth-order valence-electron chi connectivity index (χ4n) is 9.53. The van der Waals surface area contributed by atoms with Gasteiger partial charge in [-0.25, -0.2) is 15.0 Å². The molecule has 9 aromatic carbocycles. The highest BCUT2D eigenvalue weighted by Crippen LogP contribution is 2.46. The van der Waals surface area contributed by atoms with E-state index >= 15 is 0 Å². The van der Waals surface area contributed by atoms with Gasteiger partial charge in [0.25, 0.3) is 0 Å². The van der Waals surface area contributed by atoms with Crippen LogP contribution in [-0.4, -0.2) is 24.1 Å². The molecule has 6 heteroatoms. The smallest absolute Gasteiger partial charge is 0.165 e. The first-order chi connectivity index (χ1) is 31.2. The van der Waals surface area contributed by atoms with Gasteiger partial charge in [-0.2, -0.15) is 0 Å². The highest BCUT2D eigenvalue weighted by molar-refractivity contribution is 7.26. The summed E-state index contributed by atoms with van der Waals surface area (Å²) in [4.78, 5) is 16.0. The number of nitrogens with zero attached hydrogens (tertiary/aromatic N) is 5. The molecule has 0 amide bonds. The van der Waals surface area contributed by atoms with Crippen LogP contribution in [0.5, 0.6) is 0 Å². The first kappa shape index (κ1) is 35.6. The van der Waals surface area contributed by atoms with Gasteiger partial charge in [-0.05, 0) is 59.7 Å². The molecule has 0 aliphatic rings. The van der Waals surface area contributed by atoms with E-state index in [0.29, 0.717) is 17.5 Å². The van der Waals surface area contributed by atoms with Crippen LogP contribution in [0.25, 0.3) is 120 Å². The van der Waals surface area contributed by atoms with E-state index in [4.69, 9.17) is 15.0 Å². The number of hydrogen-bond acceptors (Lipinski definition) is 4. The van der Waals surface area contributed by atoms with Crippen molar-refractivity contribution in [2.24, 2.45) is 0 Å². The van der Waals surface area contributed by atoms with E-state index in [1.807, 2.05) is 35.6 Å². The van der Waals surface area contributed by atoms with Crippen molar-refractivity contribution >= 4 is 75.1 Å². The van der Waals surface area contributed by atoms with Crippen molar-refractivity contribution in [1.29, 1.82) is 0 Å². The van der Waals surface area contributed by atoms with Crippen LogP contribution in [-0.2, 0) is 0 Å². The molecule has 0 aliphatic heterocycles. The van der Waals surface area contributed by atoms with Crippen molar-refractivity contribution in [3.8, 4) is 56.7 Å². The Kier molecular flexibility index (Phi) is 8.01. The van der Waals surface area contributed by atoms with Gasteiger partial charge >= 0.3 is 0 Å². The molecular formula is C57H35N5S. The molecule has 0 atom stereocenters. The number of para-hydroxylation sites is 4. The van der Waals surface area contributed by atoms with Crippen molar-refractivity contribution in [2.75, 3.05) is 0 Å². The van der Waals surface area contributed by atoms with Crippen molar-refractivity contribution < 1.29 is 0 Å². The minimum absolute atomic E-state index is 0.624. The lowest BCUT2D eigenvalue weighted by Crippen LogP contribution is -2.01. The Bertz CT molecular complexity index is 3810. The van der Waals surface area contributed by atoms with Crippen molar-refractivity contribution in [3.05, 3.63) is 212 Å². The summed E-state index contributed by atoms with van der Waals surface area (Å²) in [6, 6.07) is 75.5. The molecule has 4 aromatic heterocycles. The number of hydrogen-bond donors (Lipinski definition) is 0. The van der Waals surface area contributed by atoms with Crippen molar-refractivity contribution in [2.45, 2.75) is 0 Å². The van der Waals surface area contributed by atoms with E-state index in [0.717, 1.165) is 60.3 Å². The van der Waals surface area contributed by atoms with Crippen LogP contribution in [0.3, 0.4) is 0 Å². The maximum Gasteiger partial charge on any atom is 0.165 e. The summed E-state index contributed by atoms with van der Waals surface area (Å²) in [5, 5.41) is 7.25. The lowest BCUT2D eigenvalue weighted by Gasteiger charge is -2.13. The van der Waals surface area contributed by atoms with Gasteiger partial charge in [0.15, 0.2) is 17.5 Å². The summed E-state index contributed by atoms with van der Waals surface area (Å²) in [7, 11) is 0. The summed E-state index contributed by atoms with van der Waals surface area (Å²) in [6.07, 6.45) is 0. The predicted molar refractivity (Wildman–Crippen MR) is 263 cm³/mol. The molecule has 0 spiro atoms. The van der Waals surface area contributed by atoms with Crippen LogP contribution in [0.2, 0.25) is 0 Å². The van der Waals surface area contributed by atoms with Gasteiger partial charge in [-0.1, -0.05) is 164 Å². The zero-order valence-electron chi connectivity index (χ0n) is 33.9. The molecule has 13 rings (SSSR count). The molecule has 0 unspecified atom stereocenters. The summed E-state index contributed by atoms with van der Waals surface area (Å²) in [5.41, 5.74) is 11.9. The Hall–Kier alpha value is -8.19. The molecule has 63 heavy (non-hydrogen) atoms. The van der Waals surface area contributed by atoms with E-state index in [2.05, 4.69) is 197 Å². The molecule has 13 aromatic rings. The SMILES string of the molecule is c1ccc(-c2cccc(-c3nc(-c4ccccc4)nc(-c4cc(-n5c6ccccc6c6ccccc65)cc5c4sc4c(-n6c7ccccc7c7ccccc76)cccc45)n3)c2)cc1. The Labute approximate surface area is 366 Å². The van der Waals surface area contributed by atoms with Crippen LogP contribution >= 0.6 is 11.3 Å². The Morgan fingerprint density at radius 3 is 1.38 bits per heavy atom. The third-order valence-corrected chi connectivity index (χ3v) is 13.6. The molecule has 0 bridgehead atoms. The minimum Gasteiger partial charge on any atom is -0.309 e. The molecule has 294 valence electrons. The van der Waals surface area contributed by atoms with Gasteiger partial charge in [0.05, 0.1) is 32.5 Å². The summed E-state index contributed by atoms with van der Waals surface area (Å²) in [6.45, 7) is 0. The second-order valence-electron chi connectivity index (χ2n) is 16.0. The van der Waals surface area contributed by atoms with Crippen molar-refractivity contribution in [1.82, 2.24) is 24.1 Å². The molecule has 0 saturated heterocycles. The third kappa shape index (κ3) is 5.66. The van der Waals surface area contributed by atoms with Gasteiger partial charge in [0.1, 0.15) is 0 Å². The van der Waals surface area contributed by atoms with Crippen LogP contribution in [0.1, 0.15) is 0 Å².